The molecule has 84 valence electrons. The first-order valence-corrected chi connectivity index (χ1v) is 7.28. The van der Waals surface area contributed by atoms with Crippen LogP contribution < -0.4 is 0 Å². The molecule has 0 radical (unpaired) electrons. The molecule has 0 atom stereocenters. The first-order valence-electron chi connectivity index (χ1n) is 4.83. The maximum Gasteiger partial charge on any atom is 0.180 e. The van der Waals surface area contributed by atoms with Crippen molar-refractivity contribution in [2.45, 2.75) is 0 Å². The number of rotatable bonds is 5. The van der Waals surface area contributed by atoms with E-state index in [0.29, 0.717) is 0 Å². The zero-order chi connectivity index (χ0) is 11.8. The van der Waals surface area contributed by atoms with Crippen LogP contribution in [0.4, 0.5) is 0 Å². The van der Waals surface area contributed by atoms with Crippen molar-refractivity contribution in [3.05, 3.63) is 52.3 Å². The fourth-order valence-corrected chi connectivity index (χ4v) is 2.24. The number of ketones is 1. The average Bonchev–Trinajstić information content (AvgIpc) is 2.34. The fourth-order valence-electron chi connectivity index (χ4n) is 1.11. The lowest BCUT2D eigenvalue weighted by Crippen LogP contribution is -1.86. The van der Waals surface area contributed by atoms with Crippen molar-refractivity contribution in [3.8, 4) is 0 Å². The number of allylic oxidation sites excluding steroid dienone is 2. The first-order chi connectivity index (χ1) is 7.76. The summed E-state index contributed by atoms with van der Waals surface area (Å²) in [4.78, 5) is 11.6. The van der Waals surface area contributed by atoms with Gasteiger partial charge in [0, 0.05) is 10.3 Å². The molecule has 1 aromatic rings. The van der Waals surface area contributed by atoms with Crippen LogP contribution in [0.1, 0.15) is 5.56 Å². The Labute approximate surface area is 105 Å². The van der Waals surface area contributed by atoms with Crippen LogP contribution in [0.25, 0.3) is 6.08 Å². The predicted octanol–water partition coefficient (Wildman–Crippen LogP) is 3.84. The fraction of sp³-hybridized carbons (Fsp3) is 0.154. The van der Waals surface area contributed by atoms with Gasteiger partial charge in [-0.05, 0) is 24.2 Å². The van der Waals surface area contributed by atoms with Crippen LogP contribution in [-0.4, -0.2) is 18.3 Å². The minimum Gasteiger partial charge on any atom is -0.290 e. The van der Waals surface area contributed by atoms with E-state index in [2.05, 4.69) is 0 Å². The van der Waals surface area contributed by atoms with Crippen molar-refractivity contribution >= 4 is 35.4 Å². The summed E-state index contributed by atoms with van der Waals surface area (Å²) in [5, 5.41) is 0. The van der Waals surface area contributed by atoms with E-state index in [1.165, 1.54) is 0 Å². The smallest absolute Gasteiger partial charge is 0.180 e. The molecule has 0 aliphatic rings. The summed E-state index contributed by atoms with van der Waals surface area (Å²) >= 11 is 3.18. The molecule has 0 aliphatic heterocycles. The SMILES string of the molecule is CSC(=CC(=O)C=Cc1ccccc1)SC. The van der Waals surface area contributed by atoms with Gasteiger partial charge >= 0.3 is 0 Å². The van der Waals surface area contributed by atoms with Crippen LogP contribution in [0.5, 0.6) is 0 Å². The molecule has 0 bridgehead atoms. The molecule has 1 rings (SSSR count). The Hall–Kier alpha value is -0.930. The molecule has 0 spiro atoms. The number of carbonyl (C=O) groups is 1. The highest BCUT2D eigenvalue weighted by Crippen LogP contribution is 2.23. The summed E-state index contributed by atoms with van der Waals surface area (Å²) in [5.41, 5.74) is 1.04. The summed E-state index contributed by atoms with van der Waals surface area (Å²) < 4.78 is 1.03. The Morgan fingerprint density at radius 3 is 2.31 bits per heavy atom. The van der Waals surface area contributed by atoms with E-state index in [4.69, 9.17) is 0 Å². The lowest BCUT2D eigenvalue weighted by molar-refractivity contribution is -0.110. The summed E-state index contributed by atoms with van der Waals surface area (Å²) in [6, 6.07) is 9.80. The van der Waals surface area contributed by atoms with Crippen molar-refractivity contribution in [3.63, 3.8) is 0 Å². The van der Waals surface area contributed by atoms with Gasteiger partial charge in [0.05, 0.1) is 0 Å². The Morgan fingerprint density at radius 1 is 1.12 bits per heavy atom. The van der Waals surface area contributed by atoms with E-state index >= 15 is 0 Å². The van der Waals surface area contributed by atoms with E-state index in [0.717, 1.165) is 9.80 Å². The number of thioether (sulfide) groups is 2. The zero-order valence-electron chi connectivity index (χ0n) is 9.34. The second kappa shape index (κ2) is 7.36. The van der Waals surface area contributed by atoms with Crippen molar-refractivity contribution < 1.29 is 4.79 Å². The van der Waals surface area contributed by atoms with Gasteiger partial charge in [0.25, 0.3) is 0 Å². The average molecular weight is 250 g/mol. The van der Waals surface area contributed by atoms with E-state index in [9.17, 15) is 4.79 Å². The molecule has 0 saturated carbocycles. The molecule has 0 N–H and O–H groups in total. The normalized spacial score (nSPS) is 10.4. The molecule has 3 heteroatoms. The van der Waals surface area contributed by atoms with Crippen molar-refractivity contribution in [2.75, 3.05) is 12.5 Å². The van der Waals surface area contributed by atoms with Gasteiger partial charge in [-0.3, -0.25) is 4.79 Å². The Bertz CT molecular complexity index is 388. The standard InChI is InChI=1S/C13H14OS2/c1-15-13(16-2)10-12(14)9-8-11-6-4-3-5-7-11/h3-10H,1-2H3. The molecule has 0 heterocycles. The highest BCUT2D eigenvalue weighted by molar-refractivity contribution is 8.21. The highest BCUT2D eigenvalue weighted by atomic mass is 32.2. The molecule has 0 aliphatic carbocycles. The molecule has 16 heavy (non-hydrogen) atoms. The van der Waals surface area contributed by atoms with Crippen LogP contribution in [0.2, 0.25) is 0 Å². The summed E-state index contributed by atoms with van der Waals surface area (Å²) in [5.74, 6) is 0.0301. The highest BCUT2D eigenvalue weighted by Gasteiger charge is 1.96. The second-order valence-electron chi connectivity index (χ2n) is 3.02. The molecular weight excluding hydrogens is 236 g/mol. The third-order valence-electron chi connectivity index (χ3n) is 1.90. The lowest BCUT2D eigenvalue weighted by atomic mass is 10.2. The Balaban J connectivity index is 2.65. The van der Waals surface area contributed by atoms with Crippen LogP contribution in [0.3, 0.4) is 0 Å². The Morgan fingerprint density at radius 2 is 1.75 bits per heavy atom. The van der Waals surface area contributed by atoms with Crippen molar-refractivity contribution in [1.82, 2.24) is 0 Å². The summed E-state index contributed by atoms with van der Waals surface area (Å²) in [6.07, 6.45) is 9.03. The maximum atomic E-state index is 11.6. The van der Waals surface area contributed by atoms with Crippen LogP contribution >= 0.6 is 23.5 Å². The Kier molecular flexibility index (Phi) is 6.04. The maximum absolute atomic E-state index is 11.6. The van der Waals surface area contributed by atoms with Gasteiger partial charge in [0.15, 0.2) is 5.78 Å². The number of carbonyl (C=O) groups excluding carboxylic acids is 1. The topological polar surface area (TPSA) is 17.1 Å². The van der Waals surface area contributed by atoms with E-state index < -0.39 is 0 Å². The number of benzene rings is 1. The zero-order valence-corrected chi connectivity index (χ0v) is 11.0. The third-order valence-corrected chi connectivity index (χ3v) is 3.94. The van der Waals surface area contributed by atoms with E-state index in [-0.39, 0.29) is 5.78 Å². The molecule has 1 aromatic carbocycles. The summed E-state index contributed by atoms with van der Waals surface area (Å²) in [7, 11) is 0. The number of hydrogen-bond donors (Lipinski definition) is 0. The van der Waals surface area contributed by atoms with Gasteiger partial charge in [-0.15, -0.1) is 23.5 Å². The van der Waals surface area contributed by atoms with E-state index in [1.54, 1.807) is 35.7 Å². The van der Waals surface area contributed by atoms with Gasteiger partial charge in [-0.25, -0.2) is 0 Å². The first kappa shape index (κ1) is 13.1. The van der Waals surface area contributed by atoms with Gasteiger partial charge < -0.3 is 0 Å². The monoisotopic (exact) mass is 250 g/mol. The third kappa shape index (κ3) is 4.73. The molecular formula is C13H14OS2. The molecule has 1 nitrogen and oxygen atoms in total. The number of hydrogen-bond acceptors (Lipinski definition) is 3. The quantitative estimate of drug-likeness (QED) is 0.739. The van der Waals surface area contributed by atoms with E-state index in [1.807, 2.05) is 48.9 Å². The minimum absolute atomic E-state index is 0.0301. The van der Waals surface area contributed by atoms with Crippen LogP contribution in [0, 0.1) is 0 Å². The van der Waals surface area contributed by atoms with Gasteiger partial charge in [0.1, 0.15) is 0 Å². The lowest BCUT2D eigenvalue weighted by Gasteiger charge is -1.95. The second-order valence-corrected chi connectivity index (χ2v) is 4.97. The molecule has 0 amide bonds. The van der Waals surface area contributed by atoms with Crippen LogP contribution in [0.15, 0.2) is 46.7 Å². The molecule has 0 aromatic heterocycles. The molecule has 0 saturated heterocycles. The molecule has 0 fully saturated rings. The largest absolute Gasteiger partial charge is 0.290 e. The van der Waals surface area contributed by atoms with Crippen molar-refractivity contribution in [1.29, 1.82) is 0 Å². The van der Waals surface area contributed by atoms with Gasteiger partial charge in [-0.2, -0.15) is 0 Å². The van der Waals surface area contributed by atoms with Crippen molar-refractivity contribution in [2.24, 2.45) is 0 Å². The van der Waals surface area contributed by atoms with Gasteiger partial charge in [-0.1, -0.05) is 36.4 Å². The minimum atomic E-state index is 0.0301. The predicted molar refractivity (Wildman–Crippen MR) is 75.6 cm³/mol. The van der Waals surface area contributed by atoms with Crippen LogP contribution in [-0.2, 0) is 4.79 Å². The van der Waals surface area contributed by atoms with Gasteiger partial charge in [0.2, 0.25) is 0 Å². The molecule has 0 unspecified atom stereocenters. The summed E-state index contributed by atoms with van der Waals surface area (Å²) in [6.45, 7) is 0.